The van der Waals surface area contributed by atoms with Crippen LogP contribution in [0.25, 0.3) is 0 Å². The predicted octanol–water partition coefficient (Wildman–Crippen LogP) is 2.53. The fraction of sp³-hybridized carbons (Fsp3) is 0.421. The lowest BCUT2D eigenvalue weighted by Crippen LogP contribution is -2.46. The standard InChI is InChI=1S/C19H22N4O2/c1-25-13-6-4-5-12(11-13)16-9-10-23(16)18(24)17-14-7-2-3-8-15(14)21-19(20)22-17/h4-6,11,16H,2-3,7-10H2,1H3,(H2,20,21,22). The number of anilines is 1. The van der Waals surface area contributed by atoms with Crippen LogP contribution in [0.2, 0.25) is 0 Å². The molecule has 25 heavy (non-hydrogen) atoms. The maximum atomic E-state index is 13.1. The average molecular weight is 338 g/mol. The number of rotatable bonds is 3. The molecule has 1 fully saturated rings. The van der Waals surface area contributed by atoms with Crippen molar-refractivity contribution in [3.05, 3.63) is 46.8 Å². The lowest BCUT2D eigenvalue weighted by atomic mass is 9.91. The fourth-order valence-electron chi connectivity index (χ4n) is 3.75. The second-order valence-corrected chi connectivity index (χ2v) is 6.64. The summed E-state index contributed by atoms with van der Waals surface area (Å²) in [6.45, 7) is 0.736. The van der Waals surface area contributed by atoms with Crippen molar-refractivity contribution in [1.29, 1.82) is 0 Å². The molecule has 2 aromatic rings. The van der Waals surface area contributed by atoms with Crippen molar-refractivity contribution in [3.8, 4) is 5.75 Å². The molecule has 2 heterocycles. The van der Waals surface area contributed by atoms with Crippen LogP contribution in [0.15, 0.2) is 24.3 Å². The number of benzene rings is 1. The number of carbonyl (C=O) groups is 1. The summed E-state index contributed by atoms with van der Waals surface area (Å²) < 4.78 is 5.30. The summed E-state index contributed by atoms with van der Waals surface area (Å²) in [4.78, 5) is 23.7. The summed E-state index contributed by atoms with van der Waals surface area (Å²) in [5, 5.41) is 0. The van der Waals surface area contributed by atoms with Gasteiger partial charge in [-0.25, -0.2) is 9.97 Å². The molecule has 6 nitrogen and oxygen atoms in total. The summed E-state index contributed by atoms with van der Waals surface area (Å²) >= 11 is 0. The molecule has 0 radical (unpaired) electrons. The topological polar surface area (TPSA) is 81.3 Å². The molecule has 2 aliphatic rings. The van der Waals surface area contributed by atoms with Crippen LogP contribution in [0.4, 0.5) is 5.95 Å². The van der Waals surface area contributed by atoms with Gasteiger partial charge in [0.1, 0.15) is 11.4 Å². The smallest absolute Gasteiger partial charge is 0.273 e. The maximum Gasteiger partial charge on any atom is 0.273 e. The van der Waals surface area contributed by atoms with E-state index in [1.54, 1.807) is 7.11 Å². The molecular weight excluding hydrogens is 316 g/mol. The zero-order valence-corrected chi connectivity index (χ0v) is 14.4. The van der Waals surface area contributed by atoms with E-state index in [2.05, 4.69) is 9.97 Å². The van der Waals surface area contributed by atoms with E-state index in [9.17, 15) is 4.79 Å². The highest BCUT2D eigenvalue weighted by Gasteiger charge is 2.36. The Morgan fingerprint density at radius 2 is 2.12 bits per heavy atom. The Labute approximate surface area is 147 Å². The van der Waals surface area contributed by atoms with Crippen molar-refractivity contribution >= 4 is 11.9 Å². The van der Waals surface area contributed by atoms with E-state index < -0.39 is 0 Å². The van der Waals surface area contributed by atoms with E-state index in [1.807, 2.05) is 29.2 Å². The van der Waals surface area contributed by atoms with Crippen LogP contribution in [-0.4, -0.2) is 34.4 Å². The number of ether oxygens (including phenoxy) is 1. The molecule has 1 unspecified atom stereocenters. The van der Waals surface area contributed by atoms with E-state index in [1.165, 1.54) is 0 Å². The van der Waals surface area contributed by atoms with Crippen LogP contribution in [0.3, 0.4) is 0 Å². The summed E-state index contributed by atoms with van der Waals surface area (Å²) in [6, 6.07) is 7.97. The fourth-order valence-corrected chi connectivity index (χ4v) is 3.75. The minimum absolute atomic E-state index is 0.0358. The molecule has 0 saturated carbocycles. The van der Waals surface area contributed by atoms with Gasteiger partial charge in [-0.05, 0) is 49.8 Å². The molecule has 4 rings (SSSR count). The number of likely N-dealkylation sites (tertiary alicyclic amines) is 1. The van der Waals surface area contributed by atoms with Gasteiger partial charge in [0.2, 0.25) is 5.95 Å². The normalized spacial score (nSPS) is 19.1. The van der Waals surface area contributed by atoms with Gasteiger partial charge in [0.05, 0.1) is 13.2 Å². The number of fused-ring (bicyclic) bond motifs is 1. The number of aromatic nitrogens is 2. The maximum absolute atomic E-state index is 13.1. The van der Waals surface area contributed by atoms with Crippen molar-refractivity contribution in [2.45, 2.75) is 38.1 Å². The summed E-state index contributed by atoms with van der Waals surface area (Å²) in [5.41, 5.74) is 9.37. The van der Waals surface area contributed by atoms with Gasteiger partial charge in [0, 0.05) is 17.8 Å². The van der Waals surface area contributed by atoms with Crippen molar-refractivity contribution in [3.63, 3.8) is 0 Å². The molecule has 1 aliphatic heterocycles. The summed E-state index contributed by atoms with van der Waals surface area (Å²) in [5.74, 6) is 0.967. The lowest BCUT2D eigenvalue weighted by molar-refractivity contribution is 0.0452. The Bertz CT molecular complexity index is 821. The third-order valence-corrected chi connectivity index (χ3v) is 5.16. The Hall–Kier alpha value is -2.63. The second kappa shape index (κ2) is 6.35. The van der Waals surface area contributed by atoms with Crippen LogP contribution in [0.1, 0.15) is 52.6 Å². The monoisotopic (exact) mass is 338 g/mol. The Morgan fingerprint density at radius 3 is 2.88 bits per heavy atom. The van der Waals surface area contributed by atoms with Gasteiger partial charge in [-0.1, -0.05) is 12.1 Å². The van der Waals surface area contributed by atoms with Gasteiger partial charge in [0.15, 0.2) is 0 Å². The average Bonchev–Trinajstić information content (AvgIpc) is 2.60. The lowest BCUT2D eigenvalue weighted by Gasteiger charge is -2.41. The molecule has 0 bridgehead atoms. The SMILES string of the molecule is COc1cccc(C2CCN2C(=O)c2nc(N)nc3c2CCCC3)c1. The third kappa shape index (κ3) is 2.81. The Balaban J connectivity index is 1.64. The largest absolute Gasteiger partial charge is 0.497 e. The summed E-state index contributed by atoms with van der Waals surface area (Å²) in [6.07, 6.45) is 4.84. The molecule has 1 aromatic carbocycles. The third-order valence-electron chi connectivity index (χ3n) is 5.16. The minimum Gasteiger partial charge on any atom is -0.497 e. The number of carbonyl (C=O) groups excluding carboxylic acids is 1. The first-order chi connectivity index (χ1) is 12.2. The number of hydrogen-bond acceptors (Lipinski definition) is 5. The minimum atomic E-state index is -0.0358. The zero-order valence-electron chi connectivity index (χ0n) is 14.4. The van der Waals surface area contributed by atoms with Crippen molar-refractivity contribution in [2.75, 3.05) is 19.4 Å². The molecule has 1 saturated heterocycles. The Kier molecular flexibility index (Phi) is 4.03. The highest BCUT2D eigenvalue weighted by atomic mass is 16.5. The molecular formula is C19H22N4O2. The van der Waals surface area contributed by atoms with Crippen LogP contribution >= 0.6 is 0 Å². The highest BCUT2D eigenvalue weighted by Crippen LogP contribution is 2.36. The molecule has 1 amide bonds. The molecule has 130 valence electrons. The Morgan fingerprint density at radius 1 is 1.28 bits per heavy atom. The number of amides is 1. The summed E-state index contributed by atoms with van der Waals surface area (Å²) in [7, 11) is 1.65. The van der Waals surface area contributed by atoms with E-state index in [0.717, 1.165) is 61.2 Å². The zero-order chi connectivity index (χ0) is 17.4. The van der Waals surface area contributed by atoms with Crippen molar-refractivity contribution in [1.82, 2.24) is 14.9 Å². The van der Waals surface area contributed by atoms with Gasteiger partial charge in [-0.3, -0.25) is 4.79 Å². The van der Waals surface area contributed by atoms with Gasteiger partial charge < -0.3 is 15.4 Å². The number of methoxy groups -OCH3 is 1. The van der Waals surface area contributed by atoms with Crippen molar-refractivity contribution in [2.24, 2.45) is 0 Å². The van der Waals surface area contributed by atoms with Gasteiger partial charge in [0.25, 0.3) is 5.91 Å². The molecule has 1 atom stereocenters. The molecule has 1 aromatic heterocycles. The number of nitrogens with two attached hydrogens (primary N) is 1. The number of nitrogens with zero attached hydrogens (tertiary/aromatic N) is 3. The van der Waals surface area contributed by atoms with E-state index in [-0.39, 0.29) is 17.9 Å². The first-order valence-corrected chi connectivity index (χ1v) is 8.77. The molecule has 6 heteroatoms. The van der Waals surface area contributed by atoms with E-state index in [0.29, 0.717) is 5.69 Å². The van der Waals surface area contributed by atoms with Gasteiger partial charge >= 0.3 is 0 Å². The highest BCUT2D eigenvalue weighted by molar-refractivity contribution is 5.95. The van der Waals surface area contributed by atoms with Crippen LogP contribution in [0, 0.1) is 0 Å². The number of aryl methyl sites for hydroxylation is 1. The van der Waals surface area contributed by atoms with E-state index in [4.69, 9.17) is 10.5 Å². The quantitative estimate of drug-likeness (QED) is 0.930. The van der Waals surface area contributed by atoms with Gasteiger partial charge in [-0.2, -0.15) is 0 Å². The molecule has 0 spiro atoms. The predicted molar refractivity (Wildman–Crippen MR) is 94.5 cm³/mol. The van der Waals surface area contributed by atoms with Crippen LogP contribution in [0.5, 0.6) is 5.75 Å². The number of hydrogen-bond donors (Lipinski definition) is 1. The second-order valence-electron chi connectivity index (χ2n) is 6.64. The number of nitrogen functional groups attached to an aromatic ring is 1. The van der Waals surface area contributed by atoms with E-state index >= 15 is 0 Å². The van der Waals surface area contributed by atoms with Crippen LogP contribution in [-0.2, 0) is 12.8 Å². The van der Waals surface area contributed by atoms with Crippen molar-refractivity contribution < 1.29 is 9.53 Å². The first-order valence-electron chi connectivity index (χ1n) is 8.77. The van der Waals surface area contributed by atoms with Gasteiger partial charge in [-0.15, -0.1) is 0 Å². The first kappa shape index (κ1) is 15.9. The molecule has 1 aliphatic carbocycles. The van der Waals surface area contributed by atoms with Crippen LogP contribution < -0.4 is 10.5 Å². The molecule has 2 N–H and O–H groups in total.